The lowest BCUT2D eigenvalue weighted by atomic mass is 10.1. The van der Waals surface area contributed by atoms with Crippen molar-refractivity contribution in [2.24, 2.45) is 0 Å². The Morgan fingerprint density at radius 1 is 1.89 bits per heavy atom. The highest BCUT2D eigenvalue weighted by molar-refractivity contribution is 4.88. The lowest BCUT2D eigenvalue weighted by Crippen LogP contribution is -1.93. The summed E-state index contributed by atoms with van der Waals surface area (Å²) in [6.07, 6.45) is 2.65. The fraction of sp³-hybridized carbons (Fsp3) is 0.667. The monoisotopic (exact) mass is 127 g/mol. The van der Waals surface area contributed by atoms with E-state index in [-0.39, 0.29) is 1.43 Å². The van der Waals surface area contributed by atoms with Crippen molar-refractivity contribution in [1.82, 2.24) is 15.2 Å². The lowest BCUT2D eigenvalue weighted by molar-refractivity contribution is 0.682. The van der Waals surface area contributed by atoms with Crippen LogP contribution in [0.4, 0.5) is 0 Å². The first-order chi connectivity index (χ1) is 4.34. The summed E-state index contributed by atoms with van der Waals surface area (Å²) in [4.78, 5) is 4.02. The molecule has 0 bridgehead atoms. The molecule has 1 N–H and O–H groups in total. The summed E-state index contributed by atoms with van der Waals surface area (Å²) in [6, 6.07) is 0. The van der Waals surface area contributed by atoms with Crippen molar-refractivity contribution >= 4 is 0 Å². The van der Waals surface area contributed by atoms with Crippen LogP contribution < -0.4 is 0 Å². The largest absolute Gasteiger partial charge is 0.263 e. The average molecular weight is 127 g/mol. The van der Waals surface area contributed by atoms with E-state index in [1.807, 2.05) is 0 Å². The van der Waals surface area contributed by atoms with E-state index in [1.54, 1.807) is 6.33 Å². The zero-order valence-corrected chi connectivity index (χ0v) is 5.76. The molecule has 0 fully saturated rings. The van der Waals surface area contributed by atoms with Crippen molar-refractivity contribution in [2.75, 3.05) is 0 Å². The van der Waals surface area contributed by atoms with Gasteiger partial charge >= 0.3 is 0 Å². The van der Waals surface area contributed by atoms with E-state index >= 15 is 0 Å². The van der Waals surface area contributed by atoms with Gasteiger partial charge in [-0.3, -0.25) is 5.10 Å². The SMILES string of the molecule is CCC(C)c1ncn[nH]1.[HH]. The number of aromatic amines is 1. The molecule has 0 aliphatic heterocycles. The van der Waals surface area contributed by atoms with Gasteiger partial charge in [-0.1, -0.05) is 13.8 Å². The predicted molar refractivity (Wildman–Crippen MR) is 37.2 cm³/mol. The van der Waals surface area contributed by atoms with Crippen LogP contribution >= 0.6 is 0 Å². The van der Waals surface area contributed by atoms with Crippen molar-refractivity contribution in [3.63, 3.8) is 0 Å². The molecule has 1 aromatic rings. The van der Waals surface area contributed by atoms with Gasteiger partial charge in [-0.15, -0.1) is 0 Å². The van der Waals surface area contributed by atoms with Gasteiger partial charge in [-0.25, -0.2) is 4.98 Å². The molecule has 1 heterocycles. The smallest absolute Gasteiger partial charge is 0.137 e. The summed E-state index contributed by atoms with van der Waals surface area (Å²) in [5, 5.41) is 6.58. The van der Waals surface area contributed by atoms with E-state index in [0.717, 1.165) is 12.2 Å². The Balaban J connectivity index is 0.000000810. The summed E-state index contributed by atoms with van der Waals surface area (Å²) < 4.78 is 0. The van der Waals surface area contributed by atoms with Crippen molar-refractivity contribution < 1.29 is 1.43 Å². The van der Waals surface area contributed by atoms with Crippen LogP contribution in [0.2, 0.25) is 0 Å². The van der Waals surface area contributed by atoms with E-state index < -0.39 is 0 Å². The van der Waals surface area contributed by atoms with Gasteiger partial charge in [0, 0.05) is 7.34 Å². The first-order valence-corrected chi connectivity index (χ1v) is 3.19. The molecule has 1 atom stereocenters. The van der Waals surface area contributed by atoms with Gasteiger partial charge in [0.05, 0.1) is 0 Å². The molecular formula is C6H13N3. The molecule has 1 aromatic heterocycles. The fourth-order valence-electron chi connectivity index (χ4n) is 0.646. The van der Waals surface area contributed by atoms with Crippen LogP contribution in [0.5, 0.6) is 0 Å². The maximum atomic E-state index is 4.02. The number of H-pyrrole nitrogens is 1. The molecule has 0 spiro atoms. The van der Waals surface area contributed by atoms with Gasteiger partial charge in [-0.05, 0) is 6.42 Å². The zero-order valence-electron chi connectivity index (χ0n) is 5.76. The highest BCUT2D eigenvalue weighted by Gasteiger charge is 2.03. The summed E-state index contributed by atoms with van der Waals surface area (Å²) in [7, 11) is 0. The molecule has 3 nitrogen and oxygen atoms in total. The van der Waals surface area contributed by atoms with Crippen LogP contribution in [0, 0.1) is 0 Å². The minimum Gasteiger partial charge on any atom is -0.263 e. The van der Waals surface area contributed by atoms with Gasteiger partial charge in [-0.2, -0.15) is 5.10 Å². The quantitative estimate of drug-likeness (QED) is 0.655. The van der Waals surface area contributed by atoms with Crippen LogP contribution in [-0.4, -0.2) is 15.2 Å². The van der Waals surface area contributed by atoms with E-state index in [1.165, 1.54) is 0 Å². The van der Waals surface area contributed by atoms with Gasteiger partial charge in [0.15, 0.2) is 0 Å². The molecule has 52 valence electrons. The van der Waals surface area contributed by atoms with E-state index in [9.17, 15) is 0 Å². The summed E-state index contributed by atoms with van der Waals surface area (Å²) in [5.41, 5.74) is 0. The number of nitrogens with zero attached hydrogens (tertiary/aromatic N) is 2. The Labute approximate surface area is 56.0 Å². The minimum absolute atomic E-state index is 0. The van der Waals surface area contributed by atoms with Crippen molar-refractivity contribution in [3.05, 3.63) is 12.2 Å². The topological polar surface area (TPSA) is 41.6 Å². The second-order valence-electron chi connectivity index (χ2n) is 2.18. The Hall–Kier alpha value is -0.860. The predicted octanol–water partition coefficient (Wildman–Crippen LogP) is 1.56. The standard InChI is InChI=1S/C6H11N3.H2/c1-3-5(2)6-7-4-8-9-6;/h4-5H,3H2,1-2H3,(H,7,8,9);1H. The summed E-state index contributed by atoms with van der Waals surface area (Å²) in [6.45, 7) is 4.26. The van der Waals surface area contributed by atoms with Crippen molar-refractivity contribution in [2.45, 2.75) is 26.2 Å². The number of rotatable bonds is 2. The third-order valence-electron chi connectivity index (χ3n) is 1.51. The van der Waals surface area contributed by atoms with E-state index in [4.69, 9.17) is 0 Å². The number of nitrogens with one attached hydrogen (secondary N) is 1. The fourth-order valence-corrected chi connectivity index (χ4v) is 0.646. The molecule has 0 saturated heterocycles. The van der Waals surface area contributed by atoms with Crippen LogP contribution in [-0.2, 0) is 0 Å². The Morgan fingerprint density at radius 2 is 2.67 bits per heavy atom. The first kappa shape index (κ1) is 6.26. The third kappa shape index (κ3) is 1.28. The second kappa shape index (κ2) is 2.62. The van der Waals surface area contributed by atoms with E-state index in [0.29, 0.717) is 5.92 Å². The molecule has 0 saturated carbocycles. The summed E-state index contributed by atoms with van der Waals surface area (Å²) >= 11 is 0. The lowest BCUT2D eigenvalue weighted by Gasteiger charge is -2.00. The molecule has 0 amide bonds. The van der Waals surface area contributed by atoms with Gasteiger partial charge in [0.25, 0.3) is 0 Å². The second-order valence-corrected chi connectivity index (χ2v) is 2.18. The molecule has 0 aliphatic carbocycles. The Bertz CT molecular complexity index is 162. The highest BCUT2D eigenvalue weighted by atomic mass is 15.2. The van der Waals surface area contributed by atoms with Crippen LogP contribution in [0.3, 0.4) is 0 Å². The number of hydrogen-bond acceptors (Lipinski definition) is 2. The molecular weight excluding hydrogens is 114 g/mol. The van der Waals surface area contributed by atoms with Crippen molar-refractivity contribution in [3.8, 4) is 0 Å². The Kier molecular flexibility index (Phi) is 1.82. The number of aromatic nitrogens is 3. The Morgan fingerprint density at radius 3 is 3.11 bits per heavy atom. The zero-order chi connectivity index (χ0) is 6.69. The molecule has 0 aliphatic rings. The van der Waals surface area contributed by atoms with Gasteiger partial charge in [0.2, 0.25) is 0 Å². The van der Waals surface area contributed by atoms with Crippen LogP contribution in [0.15, 0.2) is 6.33 Å². The van der Waals surface area contributed by atoms with Gasteiger partial charge < -0.3 is 0 Å². The highest BCUT2D eigenvalue weighted by Crippen LogP contribution is 2.11. The molecule has 3 heteroatoms. The normalized spacial score (nSPS) is 13.6. The maximum absolute atomic E-state index is 4.02. The van der Waals surface area contributed by atoms with Crippen LogP contribution in [0.25, 0.3) is 0 Å². The minimum atomic E-state index is 0. The average Bonchev–Trinajstić information content (AvgIpc) is 2.37. The third-order valence-corrected chi connectivity index (χ3v) is 1.51. The first-order valence-electron chi connectivity index (χ1n) is 3.19. The van der Waals surface area contributed by atoms with Gasteiger partial charge in [0.1, 0.15) is 12.2 Å². The summed E-state index contributed by atoms with van der Waals surface area (Å²) in [5.74, 6) is 1.49. The molecule has 0 aromatic carbocycles. The molecule has 1 rings (SSSR count). The molecule has 9 heavy (non-hydrogen) atoms. The number of hydrogen-bond donors (Lipinski definition) is 1. The molecule has 0 radical (unpaired) electrons. The molecule has 1 unspecified atom stereocenters. The van der Waals surface area contributed by atoms with Crippen molar-refractivity contribution in [1.29, 1.82) is 0 Å². The maximum Gasteiger partial charge on any atom is 0.137 e. The van der Waals surface area contributed by atoms with Crippen LogP contribution in [0.1, 0.15) is 33.4 Å². The van der Waals surface area contributed by atoms with E-state index in [2.05, 4.69) is 29.0 Å².